The lowest BCUT2D eigenvalue weighted by atomic mass is 9.93. The lowest BCUT2D eigenvalue weighted by Gasteiger charge is -2.17. The second kappa shape index (κ2) is 6.98. The fourth-order valence-corrected chi connectivity index (χ4v) is 2.71. The van der Waals surface area contributed by atoms with E-state index < -0.39 is 0 Å². The van der Waals surface area contributed by atoms with E-state index >= 15 is 0 Å². The van der Waals surface area contributed by atoms with Crippen LogP contribution in [0.25, 0.3) is 11.3 Å². The summed E-state index contributed by atoms with van der Waals surface area (Å²) < 4.78 is 0. The van der Waals surface area contributed by atoms with Gasteiger partial charge in [-0.05, 0) is 43.0 Å². The Morgan fingerprint density at radius 3 is 2.82 bits per heavy atom. The lowest BCUT2D eigenvalue weighted by molar-refractivity contribution is -0.125. The third kappa shape index (κ3) is 3.39. The van der Waals surface area contributed by atoms with Gasteiger partial charge in [0.2, 0.25) is 5.91 Å². The average molecular weight is 293 g/mol. The normalized spacial score (nSPS) is 17.2. The maximum atomic E-state index is 12.2. The van der Waals surface area contributed by atoms with Crippen LogP contribution >= 0.6 is 0 Å². The molecule has 3 rings (SSSR count). The Bertz CT molecular complexity index is 667. The summed E-state index contributed by atoms with van der Waals surface area (Å²) in [6, 6.07) is 7.76. The first-order chi connectivity index (χ1) is 10.8. The van der Waals surface area contributed by atoms with Crippen LogP contribution in [0.5, 0.6) is 0 Å². The minimum absolute atomic E-state index is 0.103. The molecular formula is C18H19N3O. The van der Waals surface area contributed by atoms with E-state index in [1.165, 1.54) is 0 Å². The standard InChI is InChI=1S/C18H19N3O/c22-18(15-5-2-1-3-6-15)21-13-16-7-4-10-20-17(16)14-8-11-19-12-9-14/h1-2,4,7-12,15H,3,5-6,13H2,(H,21,22). The second-order valence-electron chi connectivity index (χ2n) is 5.45. The topological polar surface area (TPSA) is 54.9 Å². The molecule has 0 saturated heterocycles. The minimum atomic E-state index is 0.103. The van der Waals surface area contributed by atoms with E-state index in [1.54, 1.807) is 18.6 Å². The molecule has 1 unspecified atom stereocenters. The van der Waals surface area contributed by atoms with Crippen LogP contribution in [0.2, 0.25) is 0 Å². The number of allylic oxidation sites excluding steroid dienone is 2. The molecule has 1 atom stereocenters. The molecule has 2 aromatic rings. The van der Waals surface area contributed by atoms with Crippen LogP contribution in [0.3, 0.4) is 0 Å². The summed E-state index contributed by atoms with van der Waals surface area (Å²) in [7, 11) is 0. The number of pyridine rings is 2. The summed E-state index contributed by atoms with van der Waals surface area (Å²) in [5.41, 5.74) is 2.93. The molecule has 4 nitrogen and oxygen atoms in total. The van der Waals surface area contributed by atoms with Crippen molar-refractivity contribution in [1.29, 1.82) is 0 Å². The highest BCUT2D eigenvalue weighted by Crippen LogP contribution is 2.21. The Balaban J connectivity index is 1.70. The van der Waals surface area contributed by atoms with Crippen LogP contribution in [-0.2, 0) is 11.3 Å². The zero-order valence-electron chi connectivity index (χ0n) is 12.4. The summed E-state index contributed by atoms with van der Waals surface area (Å²) in [6.45, 7) is 0.505. The Labute approximate surface area is 130 Å². The van der Waals surface area contributed by atoms with E-state index in [1.807, 2.05) is 24.3 Å². The maximum Gasteiger partial charge on any atom is 0.223 e. The van der Waals surface area contributed by atoms with Gasteiger partial charge in [-0.3, -0.25) is 14.8 Å². The number of nitrogens with zero attached hydrogens (tertiary/aromatic N) is 2. The zero-order valence-corrected chi connectivity index (χ0v) is 12.4. The van der Waals surface area contributed by atoms with Crippen molar-refractivity contribution in [2.75, 3.05) is 0 Å². The third-order valence-electron chi connectivity index (χ3n) is 3.94. The lowest BCUT2D eigenvalue weighted by Crippen LogP contribution is -2.30. The number of nitrogens with one attached hydrogen (secondary N) is 1. The van der Waals surface area contributed by atoms with E-state index in [0.29, 0.717) is 6.54 Å². The quantitative estimate of drug-likeness (QED) is 0.881. The van der Waals surface area contributed by atoms with Crippen LogP contribution < -0.4 is 5.32 Å². The molecule has 0 bridgehead atoms. The van der Waals surface area contributed by atoms with Crippen molar-refractivity contribution in [3.63, 3.8) is 0 Å². The highest BCUT2D eigenvalue weighted by atomic mass is 16.1. The van der Waals surface area contributed by atoms with E-state index in [4.69, 9.17) is 0 Å². The van der Waals surface area contributed by atoms with E-state index in [9.17, 15) is 4.79 Å². The smallest absolute Gasteiger partial charge is 0.223 e. The molecule has 0 aliphatic heterocycles. The molecule has 1 amide bonds. The number of rotatable bonds is 4. The van der Waals surface area contributed by atoms with Gasteiger partial charge in [0.25, 0.3) is 0 Å². The predicted octanol–water partition coefficient (Wildman–Crippen LogP) is 3.12. The van der Waals surface area contributed by atoms with Crippen LogP contribution in [0, 0.1) is 5.92 Å². The number of carbonyl (C=O) groups is 1. The highest BCUT2D eigenvalue weighted by Gasteiger charge is 2.18. The first-order valence-electron chi connectivity index (χ1n) is 7.61. The van der Waals surface area contributed by atoms with Gasteiger partial charge in [0.05, 0.1) is 5.69 Å². The van der Waals surface area contributed by atoms with Gasteiger partial charge in [-0.25, -0.2) is 0 Å². The number of hydrogen-bond donors (Lipinski definition) is 1. The van der Waals surface area contributed by atoms with E-state index in [-0.39, 0.29) is 11.8 Å². The molecule has 0 aromatic carbocycles. The van der Waals surface area contributed by atoms with Crippen molar-refractivity contribution in [1.82, 2.24) is 15.3 Å². The van der Waals surface area contributed by atoms with Crippen molar-refractivity contribution in [2.24, 2.45) is 5.92 Å². The first-order valence-corrected chi connectivity index (χ1v) is 7.61. The van der Waals surface area contributed by atoms with Gasteiger partial charge in [-0.1, -0.05) is 18.2 Å². The average Bonchev–Trinajstić information content (AvgIpc) is 2.61. The fourth-order valence-electron chi connectivity index (χ4n) is 2.71. The Morgan fingerprint density at radius 1 is 1.18 bits per heavy atom. The number of aromatic nitrogens is 2. The number of amides is 1. The van der Waals surface area contributed by atoms with Crippen molar-refractivity contribution in [3.8, 4) is 11.3 Å². The monoisotopic (exact) mass is 293 g/mol. The molecule has 22 heavy (non-hydrogen) atoms. The number of hydrogen-bond acceptors (Lipinski definition) is 3. The van der Waals surface area contributed by atoms with Crippen molar-refractivity contribution < 1.29 is 4.79 Å². The minimum Gasteiger partial charge on any atom is -0.352 e. The Hall–Kier alpha value is -2.49. The number of carbonyl (C=O) groups excluding carboxylic acids is 1. The van der Waals surface area contributed by atoms with Gasteiger partial charge in [0.1, 0.15) is 0 Å². The van der Waals surface area contributed by atoms with Crippen molar-refractivity contribution >= 4 is 5.91 Å². The van der Waals surface area contributed by atoms with Gasteiger partial charge in [0, 0.05) is 36.6 Å². The predicted molar refractivity (Wildman–Crippen MR) is 85.8 cm³/mol. The largest absolute Gasteiger partial charge is 0.352 e. The molecular weight excluding hydrogens is 274 g/mol. The molecule has 0 spiro atoms. The molecule has 1 aliphatic carbocycles. The molecule has 0 fully saturated rings. The Kier molecular flexibility index (Phi) is 4.59. The molecule has 2 heterocycles. The van der Waals surface area contributed by atoms with Gasteiger partial charge < -0.3 is 5.32 Å². The molecule has 2 aromatic heterocycles. The Morgan fingerprint density at radius 2 is 2.05 bits per heavy atom. The summed E-state index contributed by atoms with van der Waals surface area (Å²) in [5, 5.41) is 3.05. The summed E-state index contributed by atoms with van der Waals surface area (Å²) in [6.07, 6.45) is 12.3. The first kappa shape index (κ1) is 14.4. The summed E-state index contributed by atoms with van der Waals surface area (Å²) >= 11 is 0. The molecule has 0 radical (unpaired) electrons. The van der Waals surface area contributed by atoms with E-state index in [2.05, 4.69) is 27.4 Å². The maximum absolute atomic E-state index is 12.2. The van der Waals surface area contributed by atoms with Crippen LogP contribution in [0.15, 0.2) is 55.0 Å². The molecule has 1 N–H and O–H groups in total. The van der Waals surface area contributed by atoms with Crippen LogP contribution in [0.4, 0.5) is 0 Å². The van der Waals surface area contributed by atoms with Crippen molar-refractivity contribution in [2.45, 2.75) is 25.8 Å². The summed E-state index contributed by atoms with van der Waals surface area (Å²) in [5.74, 6) is 0.236. The van der Waals surface area contributed by atoms with Gasteiger partial charge >= 0.3 is 0 Å². The van der Waals surface area contributed by atoms with Crippen molar-refractivity contribution in [3.05, 3.63) is 60.6 Å². The van der Waals surface area contributed by atoms with Crippen LogP contribution in [-0.4, -0.2) is 15.9 Å². The third-order valence-corrected chi connectivity index (χ3v) is 3.94. The zero-order chi connectivity index (χ0) is 15.2. The molecule has 1 aliphatic rings. The SMILES string of the molecule is O=C(NCc1cccnc1-c1ccncc1)C1CC=CCC1. The fraction of sp³-hybridized carbons (Fsp3) is 0.278. The van der Waals surface area contributed by atoms with Gasteiger partial charge in [-0.2, -0.15) is 0 Å². The summed E-state index contributed by atoms with van der Waals surface area (Å²) in [4.78, 5) is 20.7. The van der Waals surface area contributed by atoms with E-state index in [0.717, 1.165) is 36.1 Å². The van der Waals surface area contributed by atoms with Crippen LogP contribution in [0.1, 0.15) is 24.8 Å². The van der Waals surface area contributed by atoms with Gasteiger partial charge in [-0.15, -0.1) is 0 Å². The second-order valence-corrected chi connectivity index (χ2v) is 5.45. The highest BCUT2D eigenvalue weighted by molar-refractivity contribution is 5.79. The molecule has 112 valence electrons. The molecule has 0 saturated carbocycles. The molecule has 4 heteroatoms. The van der Waals surface area contributed by atoms with Gasteiger partial charge in [0.15, 0.2) is 0 Å².